The molecule has 0 aliphatic carbocycles. The van der Waals surface area contributed by atoms with Crippen LogP contribution in [0.3, 0.4) is 0 Å². The predicted octanol–water partition coefficient (Wildman–Crippen LogP) is 6.30. The number of ether oxygens (including phenoxy) is 1. The fraction of sp³-hybridized carbons (Fsp3) is 0.0870. The molecular weight excluding hydrogens is 523 g/mol. The molecule has 0 bridgehead atoms. The van der Waals surface area contributed by atoms with E-state index in [-0.39, 0.29) is 38.1 Å². The highest BCUT2D eigenvalue weighted by molar-refractivity contribution is 8.14. The molecule has 35 heavy (non-hydrogen) atoms. The van der Waals surface area contributed by atoms with Crippen LogP contribution in [0.15, 0.2) is 76.0 Å². The predicted molar refractivity (Wildman–Crippen MR) is 132 cm³/mol. The van der Waals surface area contributed by atoms with E-state index in [0.29, 0.717) is 11.4 Å². The third-order valence-electron chi connectivity index (χ3n) is 4.53. The fourth-order valence-corrected chi connectivity index (χ4v) is 4.33. The van der Waals surface area contributed by atoms with Crippen LogP contribution in [0.1, 0.15) is 5.76 Å². The van der Waals surface area contributed by atoms with Crippen LogP contribution in [-0.2, 0) is 9.59 Å². The summed E-state index contributed by atoms with van der Waals surface area (Å²) in [4.78, 5) is 31.3. The van der Waals surface area contributed by atoms with Gasteiger partial charge in [-0.1, -0.05) is 41.0 Å². The number of carbonyl (C=O) groups is 2. The summed E-state index contributed by atoms with van der Waals surface area (Å²) in [5.74, 6) is -0.686. The van der Waals surface area contributed by atoms with Crippen LogP contribution in [-0.4, -0.2) is 29.3 Å². The maximum atomic E-state index is 13.1. The molecular formula is C23H15Cl2F2N3O4S. The monoisotopic (exact) mass is 537 g/mol. The van der Waals surface area contributed by atoms with E-state index in [1.807, 2.05) is 0 Å². The lowest BCUT2D eigenvalue weighted by molar-refractivity contribution is -0.114. The van der Waals surface area contributed by atoms with Crippen molar-refractivity contribution in [1.29, 1.82) is 0 Å². The number of para-hydroxylation sites is 1. The summed E-state index contributed by atoms with van der Waals surface area (Å²) in [5, 5.41) is 3.40. The maximum absolute atomic E-state index is 13.1. The van der Waals surface area contributed by atoms with Gasteiger partial charge >= 0.3 is 6.61 Å². The number of hydrogen-bond donors (Lipinski definition) is 1. The van der Waals surface area contributed by atoms with Gasteiger partial charge in [-0.25, -0.2) is 4.99 Å². The first kappa shape index (κ1) is 24.8. The zero-order chi connectivity index (χ0) is 24.9. The number of carbonyl (C=O) groups excluding carboxylic acids is 2. The van der Waals surface area contributed by atoms with E-state index in [9.17, 15) is 18.4 Å². The molecule has 0 atom stereocenters. The minimum absolute atomic E-state index is 0.0658. The van der Waals surface area contributed by atoms with Gasteiger partial charge in [0.1, 0.15) is 17.2 Å². The molecule has 7 nitrogen and oxygen atoms in total. The zero-order valence-electron chi connectivity index (χ0n) is 17.6. The van der Waals surface area contributed by atoms with Gasteiger partial charge in [-0.15, -0.1) is 0 Å². The smallest absolute Gasteiger partial charge is 0.387 e. The number of furan rings is 1. The standard InChI is InChI=1S/C23H15Cl2F2N3O4S/c24-16-4-1-5-17(25)20(16)29-19(31)12-35-23-28-18(11-15-3-2-10-33-15)21(32)30(23)13-6-8-14(9-7-13)34-22(26)27/h1-11,22H,12H2,(H,29,31). The minimum Gasteiger partial charge on any atom is -0.465 e. The summed E-state index contributed by atoms with van der Waals surface area (Å²) in [6, 6.07) is 13.6. The quantitative estimate of drug-likeness (QED) is 0.357. The summed E-state index contributed by atoms with van der Waals surface area (Å²) in [5.41, 5.74) is 0.695. The van der Waals surface area contributed by atoms with Crippen LogP contribution < -0.4 is 15.0 Å². The second kappa shape index (κ2) is 10.9. The first-order valence-electron chi connectivity index (χ1n) is 9.91. The Labute approximate surface area is 212 Å². The number of halogens is 4. The van der Waals surface area contributed by atoms with Crippen molar-refractivity contribution < 1.29 is 27.5 Å². The number of nitrogens with one attached hydrogen (secondary N) is 1. The van der Waals surface area contributed by atoms with Crippen LogP contribution in [0.4, 0.5) is 20.2 Å². The highest BCUT2D eigenvalue weighted by Crippen LogP contribution is 2.32. The molecule has 2 heterocycles. The molecule has 4 rings (SSSR count). The number of amidine groups is 1. The number of benzene rings is 2. The van der Waals surface area contributed by atoms with Crippen LogP contribution in [0.5, 0.6) is 5.75 Å². The Bertz CT molecular complexity index is 1280. The van der Waals surface area contributed by atoms with Crippen molar-refractivity contribution in [2.45, 2.75) is 6.61 Å². The van der Waals surface area contributed by atoms with Gasteiger partial charge < -0.3 is 14.5 Å². The normalized spacial score (nSPS) is 14.5. The van der Waals surface area contributed by atoms with E-state index in [0.717, 1.165) is 11.8 Å². The first-order chi connectivity index (χ1) is 16.8. The SMILES string of the molecule is O=C(CSC1=NC(=Cc2ccco2)C(=O)N1c1ccc(OC(F)F)cc1)Nc1c(Cl)cccc1Cl. The summed E-state index contributed by atoms with van der Waals surface area (Å²) < 4.78 is 34.6. The van der Waals surface area contributed by atoms with Gasteiger partial charge in [0.25, 0.3) is 5.91 Å². The Morgan fingerprint density at radius 2 is 1.86 bits per heavy atom. The largest absolute Gasteiger partial charge is 0.465 e. The number of hydrogen-bond acceptors (Lipinski definition) is 6. The van der Waals surface area contributed by atoms with Gasteiger partial charge in [-0.3, -0.25) is 14.5 Å². The lowest BCUT2D eigenvalue weighted by Gasteiger charge is -2.18. The van der Waals surface area contributed by atoms with E-state index in [1.165, 1.54) is 41.5 Å². The van der Waals surface area contributed by atoms with Gasteiger partial charge in [-0.2, -0.15) is 8.78 Å². The van der Waals surface area contributed by atoms with Crippen molar-refractivity contribution >= 4 is 69.4 Å². The lowest BCUT2D eigenvalue weighted by Crippen LogP contribution is -2.31. The van der Waals surface area contributed by atoms with Crippen LogP contribution in [0, 0.1) is 0 Å². The number of amides is 2. The second-order valence-electron chi connectivity index (χ2n) is 6.89. The molecule has 2 aromatic carbocycles. The van der Waals surface area contributed by atoms with E-state index < -0.39 is 18.4 Å². The van der Waals surface area contributed by atoms with Gasteiger partial charge in [-0.05, 0) is 48.5 Å². The minimum atomic E-state index is -2.98. The molecule has 0 unspecified atom stereocenters. The van der Waals surface area contributed by atoms with Crippen LogP contribution in [0.2, 0.25) is 10.0 Å². The Morgan fingerprint density at radius 3 is 2.49 bits per heavy atom. The summed E-state index contributed by atoms with van der Waals surface area (Å²) in [7, 11) is 0. The molecule has 12 heteroatoms. The highest BCUT2D eigenvalue weighted by Gasteiger charge is 2.32. The van der Waals surface area contributed by atoms with Gasteiger partial charge in [0.15, 0.2) is 5.17 Å². The molecule has 1 N–H and O–H groups in total. The van der Waals surface area contributed by atoms with Crippen LogP contribution in [0.25, 0.3) is 6.08 Å². The molecule has 180 valence electrons. The Hall–Kier alpha value is -3.34. The highest BCUT2D eigenvalue weighted by atomic mass is 35.5. The molecule has 0 saturated carbocycles. The first-order valence-corrected chi connectivity index (χ1v) is 11.7. The molecule has 3 aromatic rings. The van der Waals surface area contributed by atoms with E-state index in [4.69, 9.17) is 27.6 Å². The molecule has 1 aromatic heterocycles. The number of rotatable bonds is 7. The number of nitrogens with zero attached hydrogens (tertiary/aromatic N) is 2. The molecule has 1 aliphatic heterocycles. The third kappa shape index (κ3) is 6.02. The van der Waals surface area contributed by atoms with Gasteiger partial charge in [0.05, 0.1) is 33.4 Å². The topological polar surface area (TPSA) is 84.1 Å². The Morgan fingerprint density at radius 1 is 1.14 bits per heavy atom. The maximum Gasteiger partial charge on any atom is 0.387 e. The van der Waals surface area contributed by atoms with Gasteiger partial charge in [0.2, 0.25) is 5.91 Å². The Balaban J connectivity index is 1.55. The third-order valence-corrected chi connectivity index (χ3v) is 6.10. The lowest BCUT2D eigenvalue weighted by atomic mass is 10.2. The van der Waals surface area contributed by atoms with Crippen molar-refractivity contribution in [3.8, 4) is 5.75 Å². The molecule has 0 saturated heterocycles. The number of anilines is 2. The van der Waals surface area contributed by atoms with Gasteiger partial charge in [0, 0.05) is 6.08 Å². The summed E-state index contributed by atoms with van der Waals surface area (Å²) in [6.07, 6.45) is 2.91. The van der Waals surface area contributed by atoms with E-state index in [2.05, 4.69) is 15.0 Å². The van der Waals surface area contributed by atoms with Crippen molar-refractivity contribution in [2.75, 3.05) is 16.0 Å². The number of alkyl halides is 2. The molecule has 0 fully saturated rings. The molecule has 2 amide bonds. The molecule has 0 spiro atoms. The van der Waals surface area contributed by atoms with E-state index >= 15 is 0 Å². The number of aliphatic imine (C=N–C) groups is 1. The van der Waals surface area contributed by atoms with E-state index in [1.54, 1.807) is 30.3 Å². The van der Waals surface area contributed by atoms with Crippen molar-refractivity contribution in [3.05, 3.63) is 82.4 Å². The average molecular weight is 538 g/mol. The van der Waals surface area contributed by atoms with Crippen molar-refractivity contribution in [1.82, 2.24) is 0 Å². The summed E-state index contributed by atoms with van der Waals surface area (Å²) in [6.45, 7) is -2.98. The average Bonchev–Trinajstić information content (AvgIpc) is 3.43. The Kier molecular flexibility index (Phi) is 7.74. The van der Waals surface area contributed by atoms with Crippen molar-refractivity contribution in [2.24, 2.45) is 4.99 Å². The van der Waals surface area contributed by atoms with Crippen LogP contribution >= 0.6 is 35.0 Å². The summed E-state index contributed by atoms with van der Waals surface area (Å²) >= 11 is 13.2. The molecule has 1 aliphatic rings. The second-order valence-corrected chi connectivity index (χ2v) is 8.64. The molecule has 0 radical (unpaired) electrons. The number of thioether (sulfide) groups is 1. The zero-order valence-corrected chi connectivity index (χ0v) is 19.9. The fourth-order valence-electron chi connectivity index (χ4n) is 3.03. The van der Waals surface area contributed by atoms with Crippen molar-refractivity contribution in [3.63, 3.8) is 0 Å².